The van der Waals surface area contributed by atoms with Crippen LogP contribution in [-0.2, 0) is 4.79 Å². The molecule has 1 atom stereocenters. The van der Waals surface area contributed by atoms with Crippen LogP contribution in [-0.4, -0.2) is 22.2 Å². The number of hydrogen-bond acceptors (Lipinski definition) is 3. The SMILES string of the molecule is Cc1cc(NC(=O)CN[C@@H](C)c2ccc(Cl)c(Cl)c2)n(-c2ccccc2)n1. The van der Waals surface area contributed by atoms with Gasteiger partial charge in [0, 0.05) is 12.1 Å². The number of aromatic nitrogens is 2. The number of amides is 1. The van der Waals surface area contributed by atoms with Gasteiger partial charge in [-0.25, -0.2) is 4.68 Å². The molecule has 0 aliphatic rings. The van der Waals surface area contributed by atoms with Crippen molar-refractivity contribution in [3.8, 4) is 5.69 Å². The Morgan fingerprint density at radius 1 is 1.11 bits per heavy atom. The number of para-hydroxylation sites is 1. The Labute approximate surface area is 168 Å². The molecule has 0 radical (unpaired) electrons. The van der Waals surface area contributed by atoms with Crippen LogP contribution in [0.1, 0.15) is 24.2 Å². The molecule has 0 bridgehead atoms. The van der Waals surface area contributed by atoms with Gasteiger partial charge >= 0.3 is 0 Å². The van der Waals surface area contributed by atoms with E-state index in [0.717, 1.165) is 16.9 Å². The first-order valence-corrected chi connectivity index (χ1v) is 9.30. The summed E-state index contributed by atoms with van der Waals surface area (Å²) in [5, 5.41) is 11.6. The molecule has 0 spiro atoms. The average Bonchev–Trinajstić information content (AvgIpc) is 3.02. The third-order valence-corrected chi connectivity index (χ3v) is 4.85. The number of halogens is 2. The summed E-state index contributed by atoms with van der Waals surface area (Å²) < 4.78 is 1.72. The van der Waals surface area contributed by atoms with Crippen LogP contribution in [0.15, 0.2) is 54.6 Å². The van der Waals surface area contributed by atoms with E-state index in [9.17, 15) is 4.79 Å². The predicted octanol–water partition coefficient (Wildman–Crippen LogP) is 4.78. The highest BCUT2D eigenvalue weighted by atomic mass is 35.5. The number of nitrogens with one attached hydrogen (secondary N) is 2. The molecular weight excluding hydrogens is 383 g/mol. The number of anilines is 1. The van der Waals surface area contributed by atoms with Gasteiger partial charge in [-0.05, 0) is 43.7 Å². The first-order chi connectivity index (χ1) is 12.9. The fourth-order valence-corrected chi connectivity index (χ4v) is 2.99. The maximum absolute atomic E-state index is 12.4. The molecule has 1 amide bonds. The van der Waals surface area contributed by atoms with Crippen molar-refractivity contribution in [1.29, 1.82) is 0 Å². The van der Waals surface area contributed by atoms with Crippen LogP contribution in [0.4, 0.5) is 5.82 Å². The normalized spacial score (nSPS) is 12.0. The van der Waals surface area contributed by atoms with Crippen molar-refractivity contribution in [1.82, 2.24) is 15.1 Å². The standard InChI is InChI=1S/C20H20Cl2N4O/c1-13-10-19(26(25-13)16-6-4-3-5-7-16)24-20(27)12-23-14(2)15-8-9-17(21)18(22)11-15/h3-11,14,23H,12H2,1-2H3,(H,24,27)/t14-/m0/s1. The van der Waals surface area contributed by atoms with Gasteiger partial charge in [0.05, 0.1) is 28.0 Å². The van der Waals surface area contributed by atoms with E-state index in [2.05, 4.69) is 15.7 Å². The van der Waals surface area contributed by atoms with Gasteiger partial charge in [-0.3, -0.25) is 4.79 Å². The fourth-order valence-electron chi connectivity index (χ4n) is 2.69. The second kappa shape index (κ2) is 8.57. The Balaban J connectivity index is 1.64. The van der Waals surface area contributed by atoms with E-state index in [1.54, 1.807) is 16.8 Å². The fraction of sp³-hybridized carbons (Fsp3) is 0.200. The van der Waals surface area contributed by atoms with Crippen molar-refractivity contribution < 1.29 is 4.79 Å². The van der Waals surface area contributed by atoms with Crippen molar-refractivity contribution in [2.45, 2.75) is 19.9 Å². The molecule has 5 nitrogen and oxygen atoms in total. The maximum Gasteiger partial charge on any atom is 0.239 e. The second-order valence-electron chi connectivity index (χ2n) is 6.24. The van der Waals surface area contributed by atoms with Gasteiger partial charge in [-0.1, -0.05) is 47.5 Å². The lowest BCUT2D eigenvalue weighted by Crippen LogP contribution is -2.30. The van der Waals surface area contributed by atoms with Crippen LogP contribution in [0, 0.1) is 6.92 Å². The lowest BCUT2D eigenvalue weighted by Gasteiger charge is -2.15. The summed E-state index contributed by atoms with van der Waals surface area (Å²) in [4.78, 5) is 12.4. The largest absolute Gasteiger partial charge is 0.309 e. The zero-order valence-electron chi connectivity index (χ0n) is 15.0. The highest BCUT2D eigenvalue weighted by molar-refractivity contribution is 6.42. The van der Waals surface area contributed by atoms with Crippen LogP contribution in [0.2, 0.25) is 10.0 Å². The zero-order chi connectivity index (χ0) is 19.4. The molecule has 27 heavy (non-hydrogen) atoms. The quantitative estimate of drug-likeness (QED) is 0.623. The third kappa shape index (κ3) is 4.89. The Morgan fingerprint density at radius 3 is 2.56 bits per heavy atom. The van der Waals surface area contributed by atoms with Gasteiger partial charge in [-0.15, -0.1) is 0 Å². The van der Waals surface area contributed by atoms with Gasteiger partial charge in [0.1, 0.15) is 5.82 Å². The van der Waals surface area contributed by atoms with Crippen LogP contribution in [0.25, 0.3) is 5.69 Å². The Bertz CT molecular complexity index is 940. The first-order valence-electron chi connectivity index (χ1n) is 8.54. The minimum Gasteiger partial charge on any atom is -0.309 e. The number of nitrogens with zero attached hydrogens (tertiary/aromatic N) is 2. The van der Waals surface area contributed by atoms with Gasteiger partial charge in [0.25, 0.3) is 0 Å². The highest BCUT2D eigenvalue weighted by Crippen LogP contribution is 2.25. The van der Waals surface area contributed by atoms with Gasteiger partial charge < -0.3 is 10.6 Å². The van der Waals surface area contributed by atoms with E-state index in [1.807, 2.05) is 56.3 Å². The number of carbonyl (C=O) groups is 1. The van der Waals surface area contributed by atoms with Crippen LogP contribution < -0.4 is 10.6 Å². The third-order valence-electron chi connectivity index (χ3n) is 4.11. The number of hydrogen-bond donors (Lipinski definition) is 2. The smallest absolute Gasteiger partial charge is 0.239 e. The molecule has 140 valence electrons. The van der Waals surface area contributed by atoms with Gasteiger partial charge in [0.15, 0.2) is 0 Å². The first kappa shape index (κ1) is 19.4. The molecule has 2 aromatic carbocycles. The van der Waals surface area contributed by atoms with Crippen molar-refractivity contribution in [2.75, 3.05) is 11.9 Å². The number of benzene rings is 2. The predicted molar refractivity (Wildman–Crippen MR) is 110 cm³/mol. The summed E-state index contributed by atoms with van der Waals surface area (Å²) in [6.45, 7) is 4.01. The summed E-state index contributed by atoms with van der Waals surface area (Å²) in [5.74, 6) is 0.478. The van der Waals surface area contributed by atoms with E-state index < -0.39 is 0 Å². The van der Waals surface area contributed by atoms with E-state index in [4.69, 9.17) is 23.2 Å². The summed E-state index contributed by atoms with van der Waals surface area (Å²) in [6.07, 6.45) is 0. The summed E-state index contributed by atoms with van der Waals surface area (Å²) in [6, 6.07) is 16.9. The maximum atomic E-state index is 12.4. The highest BCUT2D eigenvalue weighted by Gasteiger charge is 2.13. The molecule has 0 aliphatic carbocycles. The Hall–Kier alpha value is -2.34. The number of aryl methyl sites for hydroxylation is 1. The van der Waals surface area contributed by atoms with E-state index in [1.165, 1.54) is 0 Å². The Kier molecular flexibility index (Phi) is 6.16. The molecule has 3 rings (SSSR count). The molecule has 0 fully saturated rings. The molecule has 0 saturated carbocycles. The van der Waals surface area contributed by atoms with Crippen LogP contribution in [0.3, 0.4) is 0 Å². The van der Waals surface area contributed by atoms with Crippen molar-refractivity contribution in [3.05, 3.63) is 75.9 Å². The van der Waals surface area contributed by atoms with Gasteiger partial charge in [-0.2, -0.15) is 5.10 Å². The summed E-state index contributed by atoms with van der Waals surface area (Å²) in [7, 11) is 0. The summed E-state index contributed by atoms with van der Waals surface area (Å²) in [5.41, 5.74) is 2.67. The zero-order valence-corrected chi connectivity index (χ0v) is 16.6. The number of rotatable bonds is 6. The van der Waals surface area contributed by atoms with E-state index in [0.29, 0.717) is 15.9 Å². The monoisotopic (exact) mass is 402 g/mol. The molecule has 2 N–H and O–H groups in total. The topological polar surface area (TPSA) is 59.0 Å². The molecule has 0 aliphatic heterocycles. The lowest BCUT2D eigenvalue weighted by molar-refractivity contribution is -0.115. The number of carbonyl (C=O) groups excluding carboxylic acids is 1. The molecule has 7 heteroatoms. The minimum absolute atomic E-state index is 0.0497. The molecule has 0 saturated heterocycles. The van der Waals surface area contributed by atoms with Crippen molar-refractivity contribution in [2.24, 2.45) is 0 Å². The van der Waals surface area contributed by atoms with E-state index >= 15 is 0 Å². The van der Waals surface area contributed by atoms with E-state index in [-0.39, 0.29) is 18.5 Å². The van der Waals surface area contributed by atoms with Gasteiger partial charge in [0.2, 0.25) is 5.91 Å². The molecule has 1 aromatic heterocycles. The average molecular weight is 403 g/mol. The minimum atomic E-state index is -0.154. The van der Waals surface area contributed by atoms with Crippen molar-refractivity contribution in [3.63, 3.8) is 0 Å². The van der Waals surface area contributed by atoms with Crippen LogP contribution in [0.5, 0.6) is 0 Å². The molecule has 1 heterocycles. The molecular formula is C20H20Cl2N4O. The second-order valence-corrected chi connectivity index (χ2v) is 7.06. The lowest BCUT2D eigenvalue weighted by atomic mass is 10.1. The van der Waals surface area contributed by atoms with Crippen molar-refractivity contribution >= 4 is 34.9 Å². The Morgan fingerprint density at radius 2 is 1.85 bits per heavy atom. The summed E-state index contributed by atoms with van der Waals surface area (Å²) >= 11 is 12.0. The molecule has 3 aromatic rings. The van der Waals surface area contributed by atoms with Crippen LogP contribution >= 0.6 is 23.2 Å². The molecule has 0 unspecified atom stereocenters.